The number of carbonyl (C=O) groups excluding carboxylic acids is 2. The molecule has 0 N–H and O–H groups in total. The van der Waals surface area contributed by atoms with E-state index < -0.39 is 18.1 Å². The van der Waals surface area contributed by atoms with Crippen LogP contribution in [0.3, 0.4) is 0 Å². The molecule has 6 heteroatoms. The molecule has 1 fully saturated rings. The molecule has 78 valence electrons. The molecule has 0 aliphatic carbocycles. The highest BCUT2D eigenvalue weighted by Crippen LogP contribution is 2.21. The number of likely N-dealkylation sites (tertiary alicyclic amines) is 1. The van der Waals surface area contributed by atoms with Crippen LogP contribution in [0.25, 0.3) is 0 Å². The Morgan fingerprint density at radius 3 is 2.57 bits per heavy atom. The molecule has 1 atom stereocenters. The van der Waals surface area contributed by atoms with Crippen LogP contribution in [-0.4, -0.2) is 42.2 Å². The van der Waals surface area contributed by atoms with Crippen molar-refractivity contribution in [3.05, 3.63) is 0 Å². The standard InChI is InChI=1S/C8H11NO4S/c1-12-7(10)5-3-4-6(14)9(5)8(11)13-2/h5H,3-4H2,1-2H3/t5-/m0/s1. The summed E-state index contributed by atoms with van der Waals surface area (Å²) in [7, 11) is 2.52. The Kier molecular flexibility index (Phi) is 3.40. The van der Waals surface area contributed by atoms with Gasteiger partial charge in [0.2, 0.25) is 0 Å². The van der Waals surface area contributed by atoms with Crippen LogP contribution in [0.2, 0.25) is 0 Å². The molecule has 0 spiro atoms. The highest BCUT2D eigenvalue weighted by atomic mass is 32.1. The molecule has 5 nitrogen and oxygen atoms in total. The Morgan fingerprint density at radius 1 is 1.43 bits per heavy atom. The zero-order valence-electron chi connectivity index (χ0n) is 7.98. The number of hydrogen-bond acceptors (Lipinski definition) is 5. The van der Waals surface area contributed by atoms with Crippen molar-refractivity contribution in [2.75, 3.05) is 14.2 Å². The molecule has 0 unspecified atom stereocenters. The molecule has 1 saturated heterocycles. The first kappa shape index (κ1) is 10.9. The summed E-state index contributed by atoms with van der Waals surface area (Å²) in [5.41, 5.74) is 0. The topological polar surface area (TPSA) is 55.8 Å². The molecule has 0 bridgehead atoms. The van der Waals surface area contributed by atoms with Crippen molar-refractivity contribution in [3.63, 3.8) is 0 Å². The van der Waals surface area contributed by atoms with Gasteiger partial charge in [-0.05, 0) is 6.42 Å². The van der Waals surface area contributed by atoms with Crippen molar-refractivity contribution in [2.45, 2.75) is 18.9 Å². The minimum Gasteiger partial charge on any atom is -0.467 e. The lowest BCUT2D eigenvalue weighted by molar-refractivity contribution is -0.144. The number of amides is 1. The summed E-state index contributed by atoms with van der Waals surface area (Å²) in [5.74, 6) is -0.463. The number of hydrogen-bond donors (Lipinski definition) is 0. The summed E-state index contributed by atoms with van der Waals surface area (Å²) in [6.45, 7) is 0. The molecular formula is C8H11NO4S. The van der Waals surface area contributed by atoms with E-state index >= 15 is 0 Å². The van der Waals surface area contributed by atoms with Crippen molar-refractivity contribution >= 4 is 29.3 Å². The highest BCUT2D eigenvalue weighted by Gasteiger charge is 2.39. The second-order valence-corrected chi connectivity index (χ2v) is 3.28. The Hall–Kier alpha value is -1.17. The quantitative estimate of drug-likeness (QED) is 0.478. The number of methoxy groups -OCH3 is 2. The van der Waals surface area contributed by atoms with Crippen LogP contribution in [0.15, 0.2) is 0 Å². The Bertz CT molecular complexity index is 279. The molecule has 0 saturated carbocycles. The van der Waals surface area contributed by atoms with Gasteiger partial charge >= 0.3 is 12.1 Å². The lowest BCUT2D eigenvalue weighted by atomic mass is 10.2. The van der Waals surface area contributed by atoms with E-state index in [2.05, 4.69) is 9.47 Å². The first-order chi connectivity index (χ1) is 6.61. The van der Waals surface area contributed by atoms with Crippen LogP contribution in [-0.2, 0) is 14.3 Å². The monoisotopic (exact) mass is 217 g/mol. The van der Waals surface area contributed by atoms with E-state index in [1.807, 2.05) is 0 Å². The van der Waals surface area contributed by atoms with E-state index in [1.54, 1.807) is 0 Å². The maximum Gasteiger partial charge on any atom is 0.415 e. The van der Waals surface area contributed by atoms with Gasteiger partial charge < -0.3 is 9.47 Å². The third-order valence-corrected chi connectivity index (χ3v) is 2.46. The fourth-order valence-corrected chi connectivity index (χ4v) is 1.69. The Morgan fingerprint density at radius 2 is 2.07 bits per heavy atom. The van der Waals surface area contributed by atoms with Gasteiger partial charge in [-0.3, -0.25) is 4.90 Å². The summed E-state index contributed by atoms with van der Waals surface area (Å²) in [6, 6.07) is -0.625. The van der Waals surface area contributed by atoms with Crippen molar-refractivity contribution in [3.8, 4) is 0 Å². The smallest absolute Gasteiger partial charge is 0.415 e. The summed E-state index contributed by atoms with van der Waals surface area (Å²) in [5, 5.41) is 0. The predicted octanol–water partition coefficient (Wildman–Crippen LogP) is 0.718. The normalized spacial score (nSPS) is 20.9. The lowest BCUT2D eigenvalue weighted by Gasteiger charge is -2.20. The molecule has 1 heterocycles. The minimum absolute atomic E-state index is 0.423. The zero-order valence-corrected chi connectivity index (χ0v) is 8.80. The van der Waals surface area contributed by atoms with E-state index in [1.165, 1.54) is 19.1 Å². The average molecular weight is 217 g/mol. The van der Waals surface area contributed by atoms with Gasteiger partial charge in [0.1, 0.15) is 6.04 Å². The van der Waals surface area contributed by atoms with E-state index in [0.717, 1.165) is 0 Å². The van der Waals surface area contributed by atoms with Gasteiger partial charge in [-0.2, -0.15) is 0 Å². The number of ether oxygens (including phenoxy) is 2. The van der Waals surface area contributed by atoms with Crippen molar-refractivity contribution < 1.29 is 19.1 Å². The summed E-state index contributed by atoms with van der Waals surface area (Å²) in [6.07, 6.45) is 0.424. The molecule has 0 aromatic rings. The van der Waals surface area contributed by atoms with Gasteiger partial charge in [0.25, 0.3) is 0 Å². The molecule has 1 rings (SSSR count). The van der Waals surface area contributed by atoms with Gasteiger partial charge in [-0.1, -0.05) is 12.2 Å². The van der Waals surface area contributed by atoms with Crippen molar-refractivity contribution in [1.29, 1.82) is 0 Å². The van der Waals surface area contributed by atoms with E-state index in [4.69, 9.17) is 12.2 Å². The number of rotatable bonds is 1. The van der Waals surface area contributed by atoms with Crippen LogP contribution in [0.5, 0.6) is 0 Å². The first-order valence-corrected chi connectivity index (χ1v) is 4.50. The molecule has 1 aliphatic heterocycles. The molecule has 0 radical (unpaired) electrons. The fourth-order valence-electron chi connectivity index (χ4n) is 1.37. The van der Waals surface area contributed by atoms with Crippen molar-refractivity contribution in [2.24, 2.45) is 0 Å². The van der Waals surface area contributed by atoms with Gasteiger partial charge in [-0.25, -0.2) is 9.59 Å². The number of nitrogens with zero attached hydrogens (tertiary/aromatic N) is 1. The highest BCUT2D eigenvalue weighted by molar-refractivity contribution is 7.80. The van der Waals surface area contributed by atoms with E-state index in [9.17, 15) is 9.59 Å². The molecule has 1 aliphatic rings. The number of carbonyl (C=O) groups is 2. The minimum atomic E-state index is -0.625. The van der Waals surface area contributed by atoms with Gasteiger partial charge in [0.05, 0.1) is 19.2 Å². The first-order valence-electron chi connectivity index (χ1n) is 4.09. The van der Waals surface area contributed by atoms with Gasteiger partial charge in [0, 0.05) is 6.42 Å². The predicted molar refractivity (Wildman–Crippen MR) is 51.9 cm³/mol. The maximum atomic E-state index is 11.3. The second-order valence-electron chi connectivity index (χ2n) is 2.81. The van der Waals surface area contributed by atoms with Crippen molar-refractivity contribution in [1.82, 2.24) is 4.90 Å². The molecular weight excluding hydrogens is 206 g/mol. The molecule has 14 heavy (non-hydrogen) atoms. The summed E-state index contributed by atoms with van der Waals surface area (Å²) >= 11 is 4.94. The van der Waals surface area contributed by atoms with Crippen LogP contribution in [0, 0.1) is 0 Å². The van der Waals surface area contributed by atoms with Gasteiger partial charge in [-0.15, -0.1) is 0 Å². The zero-order chi connectivity index (χ0) is 10.7. The maximum absolute atomic E-state index is 11.3. The number of esters is 1. The van der Waals surface area contributed by atoms with Crippen LogP contribution >= 0.6 is 12.2 Å². The lowest BCUT2D eigenvalue weighted by Crippen LogP contribution is -2.42. The molecule has 0 aromatic carbocycles. The molecule has 0 aromatic heterocycles. The third kappa shape index (κ3) is 1.84. The third-order valence-electron chi connectivity index (χ3n) is 2.06. The number of thiocarbonyl (C=S) groups is 1. The van der Waals surface area contributed by atoms with Gasteiger partial charge in [0.15, 0.2) is 0 Å². The Balaban J connectivity index is 2.81. The van der Waals surface area contributed by atoms with Crippen LogP contribution < -0.4 is 0 Å². The molecule has 1 amide bonds. The van der Waals surface area contributed by atoms with Crippen LogP contribution in [0.4, 0.5) is 4.79 Å². The largest absolute Gasteiger partial charge is 0.467 e. The summed E-state index contributed by atoms with van der Waals surface area (Å²) < 4.78 is 9.08. The van der Waals surface area contributed by atoms with E-state index in [0.29, 0.717) is 17.8 Å². The Labute approximate surface area is 87.0 Å². The second kappa shape index (κ2) is 4.36. The van der Waals surface area contributed by atoms with Crippen LogP contribution in [0.1, 0.15) is 12.8 Å². The average Bonchev–Trinajstić information content (AvgIpc) is 2.58. The fraction of sp³-hybridized carbons (Fsp3) is 0.625. The summed E-state index contributed by atoms with van der Waals surface area (Å²) in [4.78, 5) is 24.1. The SMILES string of the molecule is COC(=O)[C@@H]1CCC(=S)N1C(=O)OC. The van der Waals surface area contributed by atoms with E-state index in [-0.39, 0.29) is 0 Å².